The molecule has 0 radical (unpaired) electrons. The van der Waals surface area contributed by atoms with Gasteiger partial charge in [0.25, 0.3) is 0 Å². The monoisotopic (exact) mass is 262 g/mol. The van der Waals surface area contributed by atoms with Crippen LogP contribution in [-0.4, -0.2) is 11.1 Å². The molecule has 0 aliphatic heterocycles. The highest BCUT2D eigenvalue weighted by atomic mass is 32.1. The van der Waals surface area contributed by atoms with Crippen LogP contribution in [0.1, 0.15) is 16.0 Å². The highest BCUT2D eigenvalue weighted by Gasteiger charge is 2.06. The van der Waals surface area contributed by atoms with E-state index < -0.39 is 5.97 Å². The third kappa shape index (κ3) is 3.68. The summed E-state index contributed by atoms with van der Waals surface area (Å²) in [5.74, 6) is -0.819. The average Bonchev–Trinajstić information content (AvgIpc) is 2.84. The third-order valence-electron chi connectivity index (χ3n) is 2.54. The summed E-state index contributed by atoms with van der Waals surface area (Å²) in [7, 11) is 0. The Morgan fingerprint density at radius 1 is 1.11 bits per heavy atom. The number of hydrogen-bond donors (Lipinski definition) is 1. The van der Waals surface area contributed by atoms with E-state index in [1.165, 1.54) is 4.88 Å². The normalized spacial score (nSPS) is 10.4. The average molecular weight is 262 g/mol. The van der Waals surface area contributed by atoms with E-state index >= 15 is 0 Å². The zero-order valence-electron chi connectivity index (χ0n) is 9.83. The van der Waals surface area contributed by atoms with E-state index in [0.717, 1.165) is 11.1 Å². The Kier molecular flexibility index (Phi) is 4.50. The van der Waals surface area contributed by atoms with Crippen molar-refractivity contribution in [1.82, 2.24) is 0 Å². The molecule has 1 aromatic carbocycles. The molecule has 0 fully saturated rings. The molecule has 2 rings (SSSR count). The number of benzene rings is 1. The fraction of sp³-hybridized carbons (Fsp3) is 0.214. The van der Waals surface area contributed by atoms with Crippen molar-refractivity contribution in [3.05, 3.63) is 57.8 Å². The number of carboxylic acid groups (broad SMARTS) is 1. The molecule has 0 bridgehead atoms. The molecule has 1 aromatic heterocycles. The SMILES string of the molecule is O=C(O)Cc1ccccc1COCc1cccs1. The molecule has 94 valence electrons. The maximum absolute atomic E-state index is 10.7. The summed E-state index contributed by atoms with van der Waals surface area (Å²) < 4.78 is 5.60. The fourth-order valence-corrected chi connectivity index (χ4v) is 2.33. The predicted octanol–water partition coefficient (Wildman–Crippen LogP) is 3.09. The number of ether oxygens (including phenoxy) is 1. The molecule has 0 aliphatic carbocycles. The smallest absolute Gasteiger partial charge is 0.307 e. The number of thiophene rings is 1. The van der Waals surface area contributed by atoms with Crippen LogP contribution in [0.4, 0.5) is 0 Å². The number of hydrogen-bond acceptors (Lipinski definition) is 3. The quantitative estimate of drug-likeness (QED) is 0.870. The second kappa shape index (κ2) is 6.33. The van der Waals surface area contributed by atoms with E-state index in [2.05, 4.69) is 0 Å². The summed E-state index contributed by atoms with van der Waals surface area (Å²) in [5, 5.41) is 10.8. The van der Waals surface area contributed by atoms with Crippen molar-refractivity contribution in [3.8, 4) is 0 Å². The Bertz CT molecular complexity index is 506. The van der Waals surface area contributed by atoms with Crippen molar-refractivity contribution in [2.75, 3.05) is 0 Å². The van der Waals surface area contributed by atoms with E-state index in [4.69, 9.17) is 9.84 Å². The molecule has 0 unspecified atom stereocenters. The Labute approximate surface area is 110 Å². The van der Waals surface area contributed by atoms with Crippen LogP contribution in [0.5, 0.6) is 0 Å². The van der Waals surface area contributed by atoms with Crippen LogP contribution >= 0.6 is 11.3 Å². The van der Waals surface area contributed by atoms with Crippen LogP contribution in [0.2, 0.25) is 0 Å². The van der Waals surface area contributed by atoms with Gasteiger partial charge < -0.3 is 9.84 Å². The van der Waals surface area contributed by atoms with Crippen LogP contribution in [0.15, 0.2) is 41.8 Å². The summed E-state index contributed by atoms with van der Waals surface area (Å²) in [6, 6.07) is 11.5. The summed E-state index contributed by atoms with van der Waals surface area (Å²) in [5.41, 5.74) is 1.76. The van der Waals surface area contributed by atoms with Crippen LogP contribution in [-0.2, 0) is 29.2 Å². The number of carboxylic acids is 1. The minimum atomic E-state index is -0.819. The van der Waals surface area contributed by atoms with Gasteiger partial charge in [-0.15, -0.1) is 11.3 Å². The highest BCUT2D eigenvalue weighted by Crippen LogP contribution is 2.14. The maximum atomic E-state index is 10.7. The van der Waals surface area contributed by atoms with Crippen LogP contribution < -0.4 is 0 Å². The van der Waals surface area contributed by atoms with Crippen molar-refractivity contribution in [3.63, 3.8) is 0 Å². The number of rotatable bonds is 6. The lowest BCUT2D eigenvalue weighted by molar-refractivity contribution is -0.136. The second-order valence-electron chi connectivity index (χ2n) is 3.91. The predicted molar refractivity (Wildman–Crippen MR) is 70.6 cm³/mol. The van der Waals surface area contributed by atoms with Crippen molar-refractivity contribution >= 4 is 17.3 Å². The van der Waals surface area contributed by atoms with Crippen molar-refractivity contribution < 1.29 is 14.6 Å². The summed E-state index contributed by atoms with van der Waals surface area (Å²) in [6.07, 6.45) is 0.0402. The molecule has 1 heterocycles. The van der Waals surface area contributed by atoms with E-state index in [1.54, 1.807) is 11.3 Å². The van der Waals surface area contributed by atoms with Gasteiger partial charge in [-0.2, -0.15) is 0 Å². The van der Waals surface area contributed by atoms with E-state index in [-0.39, 0.29) is 6.42 Å². The highest BCUT2D eigenvalue weighted by molar-refractivity contribution is 7.09. The molecule has 1 N–H and O–H groups in total. The first-order valence-corrected chi connectivity index (χ1v) is 6.52. The van der Waals surface area contributed by atoms with Crippen LogP contribution in [0.3, 0.4) is 0 Å². The number of aliphatic carboxylic acids is 1. The summed E-state index contributed by atoms with van der Waals surface area (Å²) >= 11 is 1.65. The van der Waals surface area contributed by atoms with Gasteiger partial charge in [-0.1, -0.05) is 30.3 Å². The zero-order valence-corrected chi connectivity index (χ0v) is 10.7. The van der Waals surface area contributed by atoms with E-state index in [1.807, 2.05) is 41.8 Å². The molecular formula is C14H14O3S. The van der Waals surface area contributed by atoms with Crippen LogP contribution in [0.25, 0.3) is 0 Å². The first-order chi connectivity index (χ1) is 8.75. The Hall–Kier alpha value is -1.65. The van der Waals surface area contributed by atoms with Gasteiger partial charge in [-0.3, -0.25) is 4.79 Å². The maximum Gasteiger partial charge on any atom is 0.307 e. The zero-order chi connectivity index (χ0) is 12.8. The lowest BCUT2D eigenvalue weighted by atomic mass is 10.1. The van der Waals surface area contributed by atoms with Crippen molar-refractivity contribution in [2.24, 2.45) is 0 Å². The van der Waals surface area contributed by atoms with Crippen LogP contribution in [0, 0.1) is 0 Å². The van der Waals surface area contributed by atoms with Gasteiger partial charge in [0.1, 0.15) is 0 Å². The lowest BCUT2D eigenvalue weighted by Gasteiger charge is -2.08. The van der Waals surface area contributed by atoms with E-state index in [9.17, 15) is 4.79 Å². The Morgan fingerprint density at radius 3 is 2.56 bits per heavy atom. The van der Waals surface area contributed by atoms with Gasteiger partial charge in [-0.25, -0.2) is 0 Å². The molecule has 0 atom stereocenters. The van der Waals surface area contributed by atoms with Crippen molar-refractivity contribution in [2.45, 2.75) is 19.6 Å². The van der Waals surface area contributed by atoms with Gasteiger partial charge >= 0.3 is 5.97 Å². The second-order valence-corrected chi connectivity index (χ2v) is 4.94. The lowest BCUT2D eigenvalue weighted by Crippen LogP contribution is -2.04. The first-order valence-electron chi connectivity index (χ1n) is 5.64. The molecule has 3 nitrogen and oxygen atoms in total. The molecule has 0 saturated heterocycles. The first kappa shape index (κ1) is 12.8. The molecule has 0 amide bonds. The van der Waals surface area contributed by atoms with Gasteiger partial charge in [0, 0.05) is 4.88 Å². The molecule has 4 heteroatoms. The molecule has 0 aliphatic rings. The molecule has 18 heavy (non-hydrogen) atoms. The van der Waals surface area contributed by atoms with Gasteiger partial charge in [0.15, 0.2) is 0 Å². The Morgan fingerprint density at radius 2 is 1.89 bits per heavy atom. The summed E-state index contributed by atoms with van der Waals surface area (Å²) in [4.78, 5) is 11.9. The van der Waals surface area contributed by atoms with E-state index in [0.29, 0.717) is 13.2 Å². The largest absolute Gasteiger partial charge is 0.481 e. The summed E-state index contributed by atoms with van der Waals surface area (Å²) in [6.45, 7) is 1.01. The third-order valence-corrected chi connectivity index (χ3v) is 3.39. The van der Waals surface area contributed by atoms with Gasteiger partial charge in [0.2, 0.25) is 0 Å². The fourth-order valence-electron chi connectivity index (χ4n) is 1.69. The Balaban J connectivity index is 1.94. The van der Waals surface area contributed by atoms with Gasteiger partial charge in [-0.05, 0) is 22.6 Å². The minimum Gasteiger partial charge on any atom is -0.481 e. The molecule has 2 aromatic rings. The number of carbonyl (C=O) groups is 1. The van der Waals surface area contributed by atoms with Crippen molar-refractivity contribution in [1.29, 1.82) is 0 Å². The molecule has 0 saturated carbocycles. The molecular weight excluding hydrogens is 248 g/mol. The minimum absolute atomic E-state index is 0.0402. The van der Waals surface area contributed by atoms with Gasteiger partial charge in [0.05, 0.1) is 19.6 Å². The topological polar surface area (TPSA) is 46.5 Å². The standard InChI is InChI=1S/C14H14O3S/c15-14(16)8-11-4-1-2-5-12(11)9-17-10-13-6-3-7-18-13/h1-7H,8-10H2,(H,15,16). The molecule has 0 spiro atoms.